The van der Waals surface area contributed by atoms with Gasteiger partial charge >= 0.3 is 0 Å². The van der Waals surface area contributed by atoms with Crippen molar-refractivity contribution in [1.29, 1.82) is 0 Å². The highest BCUT2D eigenvalue weighted by molar-refractivity contribution is 5.94. The van der Waals surface area contributed by atoms with E-state index in [1.54, 1.807) is 30.7 Å². The Hall–Kier alpha value is -2.70. The number of hydrogen-bond donors (Lipinski definition) is 1. The van der Waals surface area contributed by atoms with Gasteiger partial charge in [-0.1, -0.05) is 0 Å². The maximum atomic E-state index is 12.7. The first-order chi connectivity index (χ1) is 12.7. The molecular formula is C19H24N6O. The summed E-state index contributed by atoms with van der Waals surface area (Å²) >= 11 is 0. The molecule has 1 unspecified atom stereocenters. The minimum atomic E-state index is 0.0664. The van der Waals surface area contributed by atoms with Crippen LogP contribution in [0.25, 0.3) is 0 Å². The predicted molar refractivity (Wildman–Crippen MR) is 99.6 cm³/mol. The highest BCUT2D eigenvalue weighted by Gasteiger charge is 2.34. The van der Waals surface area contributed by atoms with Gasteiger partial charge in [-0.15, -0.1) is 0 Å². The van der Waals surface area contributed by atoms with Gasteiger partial charge in [-0.25, -0.2) is 15.0 Å². The van der Waals surface area contributed by atoms with Crippen molar-refractivity contribution < 1.29 is 4.79 Å². The Balaban J connectivity index is 1.33. The Morgan fingerprint density at radius 2 is 1.73 bits per heavy atom. The van der Waals surface area contributed by atoms with Gasteiger partial charge in [0.15, 0.2) is 0 Å². The Morgan fingerprint density at radius 1 is 1.00 bits per heavy atom. The van der Waals surface area contributed by atoms with E-state index in [-0.39, 0.29) is 5.91 Å². The molecule has 26 heavy (non-hydrogen) atoms. The molecule has 0 spiro atoms. The van der Waals surface area contributed by atoms with Crippen molar-refractivity contribution in [3.05, 3.63) is 42.4 Å². The SMILES string of the molecule is Nc1cc(C(=O)N2CCC(C3CCN(c4ncccn4)CC3)C2)ccn1. The average Bonchev–Trinajstić information content (AvgIpc) is 3.18. The molecule has 1 amide bonds. The third kappa shape index (κ3) is 3.47. The van der Waals surface area contributed by atoms with Gasteiger partial charge in [0, 0.05) is 50.3 Å². The number of piperidine rings is 1. The van der Waals surface area contributed by atoms with Crippen LogP contribution in [0.15, 0.2) is 36.8 Å². The van der Waals surface area contributed by atoms with E-state index in [0.29, 0.717) is 23.2 Å². The molecule has 2 aliphatic rings. The Kier molecular flexibility index (Phi) is 4.69. The number of amides is 1. The Bertz CT molecular complexity index is 760. The summed E-state index contributed by atoms with van der Waals surface area (Å²) in [6, 6.07) is 5.25. The molecule has 2 saturated heterocycles. The molecule has 136 valence electrons. The van der Waals surface area contributed by atoms with Crippen molar-refractivity contribution in [3.63, 3.8) is 0 Å². The van der Waals surface area contributed by atoms with Gasteiger partial charge in [-0.05, 0) is 49.3 Å². The molecule has 1 atom stereocenters. The van der Waals surface area contributed by atoms with E-state index in [1.165, 1.54) is 0 Å². The van der Waals surface area contributed by atoms with Crippen LogP contribution in [0.5, 0.6) is 0 Å². The third-order valence-corrected chi connectivity index (χ3v) is 5.58. The molecule has 0 aliphatic carbocycles. The highest BCUT2D eigenvalue weighted by Crippen LogP contribution is 2.33. The second-order valence-corrected chi connectivity index (χ2v) is 7.14. The molecule has 2 fully saturated rings. The molecule has 0 radical (unpaired) electrons. The number of likely N-dealkylation sites (tertiary alicyclic amines) is 1. The van der Waals surface area contributed by atoms with E-state index in [0.717, 1.165) is 51.4 Å². The number of nitrogens with zero attached hydrogens (tertiary/aromatic N) is 5. The maximum Gasteiger partial charge on any atom is 0.254 e. The van der Waals surface area contributed by atoms with Crippen LogP contribution in [0.1, 0.15) is 29.6 Å². The lowest BCUT2D eigenvalue weighted by Gasteiger charge is -2.34. The number of nitrogens with two attached hydrogens (primary N) is 1. The van der Waals surface area contributed by atoms with Crippen LogP contribution in [0.4, 0.5) is 11.8 Å². The number of hydrogen-bond acceptors (Lipinski definition) is 6. The van der Waals surface area contributed by atoms with Crippen molar-refractivity contribution in [2.75, 3.05) is 36.8 Å². The summed E-state index contributed by atoms with van der Waals surface area (Å²) in [7, 11) is 0. The van der Waals surface area contributed by atoms with Gasteiger partial charge in [-0.3, -0.25) is 4.79 Å². The van der Waals surface area contributed by atoms with Gasteiger partial charge < -0.3 is 15.5 Å². The highest BCUT2D eigenvalue weighted by atomic mass is 16.2. The first-order valence-electron chi connectivity index (χ1n) is 9.23. The molecule has 2 N–H and O–H groups in total. The molecular weight excluding hydrogens is 328 g/mol. The largest absolute Gasteiger partial charge is 0.384 e. The van der Waals surface area contributed by atoms with Crippen molar-refractivity contribution in [3.8, 4) is 0 Å². The van der Waals surface area contributed by atoms with Crippen LogP contribution < -0.4 is 10.6 Å². The van der Waals surface area contributed by atoms with Crippen LogP contribution in [-0.4, -0.2) is 51.9 Å². The van der Waals surface area contributed by atoms with E-state index < -0.39 is 0 Å². The molecule has 4 heterocycles. The number of nitrogen functional groups attached to an aromatic ring is 1. The molecule has 0 saturated carbocycles. The molecule has 0 aromatic carbocycles. The van der Waals surface area contributed by atoms with Crippen LogP contribution >= 0.6 is 0 Å². The Labute approximate surface area is 153 Å². The van der Waals surface area contributed by atoms with Gasteiger partial charge in [0.2, 0.25) is 5.95 Å². The first-order valence-corrected chi connectivity index (χ1v) is 9.23. The molecule has 2 aliphatic heterocycles. The summed E-state index contributed by atoms with van der Waals surface area (Å²) in [6.07, 6.45) is 8.53. The second kappa shape index (κ2) is 7.27. The van der Waals surface area contributed by atoms with Crippen molar-refractivity contribution in [1.82, 2.24) is 19.9 Å². The van der Waals surface area contributed by atoms with Gasteiger partial charge in [0.1, 0.15) is 5.82 Å². The maximum absolute atomic E-state index is 12.7. The smallest absolute Gasteiger partial charge is 0.254 e. The molecule has 4 rings (SSSR count). The number of anilines is 2. The Morgan fingerprint density at radius 3 is 2.46 bits per heavy atom. The number of carbonyl (C=O) groups is 1. The number of carbonyl (C=O) groups excluding carboxylic acids is 1. The fraction of sp³-hybridized carbons (Fsp3) is 0.474. The first kappa shape index (κ1) is 16.8. The summed E-state index contributed by atoms with van der Waals surface area (Å²) in [4.78, 5) is 29.6. The van der Waals surface area contributed by atoms with Crippen LogP contribution in [0, 0.1) is 11.8 Å². The summed E-state index contributed by atoms with van der Waals surface area (Å²) in [6.45, 7) is 3.64. The number of rotatable bonds is 3. The van der Waals surface area contributed by atoms with Crippen molar-refractivity contribution in [2.24, 2.45) is 11.8 Å². The normalized spacial score (nSPS) is 21.2. The zero-order valence-electron chi connectivity index (χ0n) is 14.8. The fourth-order valence-corrected chi connectivity index (χ4v) is 4.15. The lowest BCUT2D eigenvalue weighted by atomic mass is 9.84. The molecule has 0 bridgehead atoms. The molecule has 2 aromatic rings. The third-order valence-electron chi connectivity index (χ3n) is 5.58. The van der Waals surface area contributed by atoms with Crippen LogP contribution in [0.3, 0.4) is 0 Å². The monoisotopic (exact) mass is 352 g/mol. The number of aromatic nitrogens is 3. The van der Waals surface area contributed by atoms with E-state index in [9.17, 15) is 4.79 Å². The van der Waals surface area contributed by atoms with E-state index in [4.69, 9.17) is 5.73 Å². The van der Waals surface area contributed by atoms with E-state index in [1.807, 2.05) is 11.0 Å². The topological polar surface area (TPSA) is 88.2 Å². The lowest BCUT2D eigenvalue weighted by molar-refractivity contribution is 0.0780. The van der Waals surface area contributed by atoms with Crippen molar-refractivity contribution >= 4 is 17.7 Å². The molecule has 7 nitrogen and oxygen atoms in total. The van der Waals surface area contributed by atoms with Crippen LogP contribution in [0.2, 0.25) is 0 Å². The predicted octanol–water partition coefficient (Wildman–Crippen LogP) is 1.83. The summed E-state index contributed by atoms with van der Waals surface area (Å²) in [5, 5.41) is 0. The quantitative estimate of drug-likeness (QED) is 0.907. The summed E-state index contributed by atoms with van der Waals surface area (Å²) in [5.74, 6) is 2.52. The van der Waals surface area contributed by atoms with Gasteiger partial charge in [-0.2, -0.15) is 0 Å². The molecule has 2 aromatic heterocycles. The van der Waals surface area contributed by atoms with Gasteiger partial charge in [0.25, 0.3) is 5.91 Å². The fourth-order valence-electron chi connectivity index (χ4n) is 4.15. The van der Waals surface area contributed by atoms with E-state index >= 15 is 0 Å². The average molecular weight is 352 g/mol. The second-order valence-electron chi connectivity index (χ2n) is 7.14. The van der Waals surface area contributed by atoms with E-state index in [2.05, 4.69) is 19.9 Å². The minimum Gasteiger partial charge on any atom is -0.384 e. The summed E-state index contributed by atoms with van der Waals surface area (Å²) < 4.78 is 0. The zero-order valence-corrected chi connectivity index (χ0v) is 14.8. The summed E-state index contributed by atoms with van der Waals surface area (Å²) in [5.41, 5.74) is 6.34. The van der Waals surface area contributed by atoms with Crippen LogP contribution in [-0.2, 0) is 0 Å². The standard InChI is InChI=1S/C19H24N6O/c20-17-12-15(2-8-21-17)18(26)25-11-5-16(13-25)14-3-9-24(10-4-14)19-22-6-1-7-23-19/h1-2,6-8,12,14,16H,3-5,9-11,13H2,(H2,20,21). The minimum absolute atomic E-state index is 0.0664. The number of pyridine rings is 1. The lowest BCUT2D eigenvalue weighted by Crippen LogP contribution is -2.38. The van der Waals surface area contributed by atoms with Crippen molar-refractivity contribution in [2.45, 2.75) is 19.3 Å². The van der Waals surface area contributed by atoms with Gasteiger partial charge in [0.05, 0.1) is 0 Å². The molecule has 7 heteroatoms. The zero-order chi connectivity index (χ0) is 17.9.